The summed E-state index contributed by atoms with van der Waals surface area (Å²) in [6.07, 6.45) is 1.38. The molecule has 2 N–H and O–H groups in total. The fraction of sp³-hybridized carbons (Fsp3) is 0. The number of para-hydroxylation sites is 1. The summed E-state index contributed by atoms with van der Waals surface area (Å²) in [6, 6.07) is 15.1. The van der Waals surface area contributed by atoms with E-state index in [2.05, 4.69) is 4.98 Å². The average Bonchev–Trinajstić information content (AvgIpc) is 2.82. The van der Waals surface area contributed by atoms with Crippen LogP contribution in [0, 0.1) is 11.3 Å². The van der Waals surface area contributed by atoms with Gasteiger partial charge in [0.1, 0.15) is 11.6 Å². The van der Waals surface area contributed by atoms with Crippen molar-refractivity contribution < 1.29 is 9.90 Å². The largest absolute Gasteiger partial charge is 0.477 e. The molecule has 0 unspecified atom stereocenters. The van der Waals surface area contributed by atoms with Crippen molar-refractivity contribution in [3.63, 3.8) is 0 Å². The molecule has 0 radical (unpaired) electrons. The SMILES string of the molecule is N#C/C(=C\c1ccc2[nH]c3ccccc3c2c1)C(=O)O. The lowest BCUT2D eigenvalue weighted by Gasteiger charge is -1.96. The van der Waals surface area contributed by atoms with E-state index < -0.39 is 5.97 Å². The van der Waals surface area contributed by atoms with Gasteiger partial charge in [-0.2, -0.15) is 5.26 Å². The second-order valence-electron chi connectivity index (χ2n) is 4.45. The molecular weight excluding hydrogens is 252 g/mol. The van der Waals surface area contributed by atoms with Crippen molar-refractivity contribution >= 4 is 33.9 Å². The number of carbonyl (C=O) groups is 1. The van der Waals surface area contributed by atoms with E-state index in [1.807, 2.05) is 36.4 Å². The Hall–Kier alpha value is -3.06. The zero-order chi connectivity index (χ0) is 14.1. The number of aromatic amines is 1. The zero-order valence-corrected chi connectivity index (χ0v) is 10.4. The van der Waals surface area contributed by atoms with E-state index in [0.717, 1.165) is 21.8 Å². The van der Waals surface area contributed by atoms with Crippen molar-refractivity contribution in [1.82, 2.24) is 4.98 Å². The van der Waals surface area contributed by atoms with Crippen LogP contribution in [0.15, 0.2) is 48.0 Å². The molecule has 0 amide bonds. The molecule has 3 aromatic rings. The van der Waals surface area contributed by atoms with E-state index >= 15 is 0 Å². The predicted molar refractivity (Wildman–Crippen MR) is 77.0 cm³/mol. The Morgan fingerprint density at radius 1 is 1.15 bits per heavy atom. The molecule has 0 bridgehead atoms. The maximum absolute atomic E-state index is 10.9. The van der Waals surface area contributed by atoms with Gasteiger partial charge >= 0.3 is 5.97 Å². The normalized spacial score (nSPS) is 11.7. The summed E-state index contributed by atoms with van der Waals surface area (Å²) in [5.74, 6) is -1.22. The summed E-state index contributed by atoms with van der Waals surface area (Å²) < 4.78 is 0. The van der Waals surface area contributed by atoms with Gasteiger partial charge in [-0.05, 0) is 29.8 Å². The number of nitriles is 1. The number of hydrogen-bond acceptors (Lipinski definition) is 2. The maximum atomic E-state index is 10.9. The third-order valence-corrected chi connectivity index (χ3v) is 3.19. The first-order chi connectivity index (χ1) is 9.69. The van der Waals surface area contributed by atoms with E-state index in [-0.39, 0.29) is 5.57 Å². The number of nitrogens with one attached hydrogen (secondary N) is 1. The number of aromatic nitrogens is 1. The third-order valence-electron chi connectivity index (χ3n) is 3.19. The number of rotatable bonds is 2. The average molecular weight is 262 g/mol. The molecule has 0 saturated carbocycles. The van der Waals surface area contributed by atoms with Crippen molar-refractivity contribution in [2.45, 2.75) is 0 Å². The van der Waals surface area contributed by atoms with Gasteiger partial charge in [0, 0.05) is 21.8 Å². The standard InChI is InChI=1S/C16H10N2O2/c17-9-11(16(19)20)7-10-5-6-15-13(8-10)12-3-1-2-4-14(12)18-15/h1-8,18H,(H,19,20)/b11-7+. The highest BCUT2D eigenvalue weighted by molar-refractivity contribution is 6.08. The van der Waals surface area contributed by atoms with Crippen LogP contribution >= 0.6 is 0 Å². The quantitative estimate of drug-likeness (QED) is 0.549. The topological polar surface area (TPSA) is 76.9 Å². The van der Waals surface area contributed by atoms with E-state index in [0.29, 0.717) is 5.56 Å². The van der Waals surface area contributed by atoms with Gasteiger partial charge in [0.05, 0.1) is 0 Å². The lowest BCUT2D eigenvalue weighted by molar-refractivity contribution is -0.132. The highest BCUT2D eigenvalue weighted by Crippen LogP contribution is 2.26. The van der Waals surface area contributed by atoms with Gasteiger partial charge in [-0.1, -0.05) is 24.3 Å². The van der Waals surface area contributed by atoms with Crippen LogP contribution in [-0.4, -0.2) is 16.1 Å². The van der Waals surface area contributed by atoms with Gasteiger partial charge in [0.25, 0.3) is 0 Å². The molecule has 0 aliphatic rings. The van der Waals surface area contributed by atoms with E-state index in [4.69, 9.17) is 10.4 Å². The van der Waals surface area contributed by atoms with Crippen LogP contribution in [0.3, 0.4) is 0 Å². The minimum atomic E-state index is -1.22. The summed E-state index contributed by atoms with van der Waals surface area (Å²) in [5.41, 5.74) is 2.44. The molecule has 0 saturated heterocycles. The fourth-order valence-corrected chi connectivity index (χ4v) is 2.26. The first-order valence-corrected chi connectivity index (χ1v) is 6.04. The van der Waals surface area contributed by atoms with Crippen LogP contribution < -0.4 is 0 Å². The van der Waals surface area contributed by atoms with Crippen molar-refractivity contribution in [2.75, 3.05) is 0 Å². The van der Waals surface area contributed by atoms with Crippen molar-refractivity contribution in [1.29, 1.82) is 5.26 Å². The van der Waals surface area contributed by atoms with Crippen LogP contribution in [0.1, 0.15) is 5.56 Å². The molecule has 0 atom stereocenters. The van der Waals surface area contributed by atoms with Crippen molar-refractivity contribution in [3.8, 4) is 6.07 Å². The Kier molecular flexibility index (Phi) is 2.73. The Morgan fingerprint density at radius 3 is 2.65 bits per heavy atom. The fourth-order valence-electron chi connectivity index (χ4n) is 2.26. The van der Waals surface area contributed by atoms with Crippen molar-refractivity contribution in [3.05, 3.63) is 53.6 Å². The van der Waals surface area contributed by atoms with Gasteiger partial charge in [-0.15, -0.1) is 0 Å². The molecule has 4 nitrogen and oxygen atoms in total. The number of carboxylic acid groups (broad SMARTS) is 1. The Morgan fingerprint density at radius 2 is 1.90 bits per heavy atom. The summed E-state index contributed by atoms with van der Waals surface area (Å²) in [5, 5.41) is 19.8. The first kappa shape index (κ1) is 12.0. The second-order valence-corrected chi connectivity index (χ2v) is 4.45. The minimum Gasteiger partial charge on any atom is -0.477 e. The highest BCUT2D eigenvalue weighted by atomic mass is 16.4. The van der Waals surface area contributed by atoms with Crippen LogP contribution in [-0.2, 0) is 4.79 Å². The van der Waals surface area contributed by atoms with Crippen LogP contribution in [0.5, 0.6) is 0 Å². The molecular formula is C16H10N2O2. The number of nitrogens with zero attached hydrogens (tertiary/aromatic N) is 1. The second kappa shape index (κ2) is 4.56. The third kappa shape index (κ3) is 1.91. The Balaban J connectivity index is 2.22. The highest BCUT2D eigenvalue weighted by Gasteiger charge is 2.07. The first-order valence-electron chi connectivity index (χ1n) is 6.04. The number of hydrogen-bond donors (Lipinski definition) is 2. The summed E-state index contributed by atoms with van der Waals surface area (Å²) in [7, 11) is 0. The van der Waals surface area contributed by atoms with Crippen LogP contribution in [0.25, 0.3) is 27.9 Å². The summed E-state index contributed by atoms with van der Waals surface area (Å²) in [6.45, 7) is 0. The smallest absolute Gasteiger partial charge is 0.346 e. The molecule has 0 aliphatic heterocycles. The van der Waals surface area contributed by atoms with Gasteiger partial charge in [-0.3, -0.25) is 0 Å². The maximum Gasteiger partial charge on any atom is 0.346 e. The lowest BCUT2D eigenvalue weighted by atomic mass is 10.1. The number of H-pyrrole nitrogens is 1. The van der Waals surface area contributed by atoms with Gasteiger partial charge < -0.3 is 10.1 Å². The minimum absolute atomic E-state index is 0.274. The monoisotopic (exact) mass is 262 g/mol. The number of carboxylic acids is 1. The molecule has 4 heteroatoms. The van der Waals surface area contributed by atoms with Gasteiger partial charge in [0.2, 0.25) is 0 Å². The summed E-state index contributed by atoms with van der Waals surface area (Å²) in [4.78, 5) is 14.2. The number of fused-ring (bicyclic) bond motifs is 3. The molecule has 2 aromatic carbocycles. The molecule has 96 valence electrons. The zero-order valence-electron chi connectivity index (χ0n) is 10.4. The van der Waals surface area contributed by atoms with Gasteiger partial charge in [-0.25, -0.2) is 4.79 Å². The van der Waals surface area contributed by atoms with E-state index in [1.165, 1.54) is 6.08 Å². The van der Waals surface area contributed by atoms with Crippen LogP contribution in [0.2, 0.25) is 0 Å². The molecule has 0 spiro atoms. The lowest BCUT2D eigenvalue weighted by Crippen LogP contribution is -1.97. The molecule has 20 heavy (non-hydrogen) atoms. The van der Waals surface area contributed by atoms with Crippen molar-refractivity contribution in [2.24, 2.45) is 0 Å². The molecule has 3 rings (SSSR count). The molecule has 1 heterocycles. The number of aliphatic carboxylic acids is 1. The van der Waals surface area contributed by atoms with E-state index in [9.17, 15) is 4.79 Å². The predicted octanol–water partition coefficient (Wildman–Crippen LogP) is 3.31. The Bertz CT molecular complexity index is 898. The summed E-state index contributed by atoms with van der Waals surface area (Å²) >= 11 is 0. The van der Waals surface area contributed by atoms with Gasteiger partial charge in [0.15, 0.2) is 0 Å². The van der Waals surface area contributed by atoms with Crippen LogP contribution in [0.4, 0.5) is 0 Å². The van der Waals surface area contributed by atoms with E-state index in [1.54, 1.807) is 12.1 Å². The Labute approximate surface area is 114 Å². The molecule has 0 aliphatic carbocycles. The molecule has 0 fully saturated rings. The molecule has 1 aromatic heterocycles. The number of benzene rings is 2.